The molecule has 166 valence electrons. The predicted octanol–water partition coefficient (Wildman–Crippen LogP) is 4.47. The predicted molar refractivity (Wildman–Crippen MR) is 124 cm³/mol. The van der Waals surface area contributed by atoms with Crippen molar-refractivity contribution in [1.82, 2.24) is 14.5 Å². The van der Waals surface area contributed by atoms with E-state index in [9.17, 15) is 9.90 Å². The molecule has 1 aliphatic rings. The largest absolute Gasteiger partial charge is 0.495 e. The van der Waals surface area contributed by atoms with Gasteiger partial charge in [0.05, 0.1) is 37.0 Å². The van der Waals surface area contributed by atoms with Gasteiger partial charge in [0.25, 0.3) is 0 Å². The van der Waals surface area contributed by atoms with Crippen LogP contribution in [0.4, 0.5) is 0 Å². The Morgan fingerprint density at radius 2 is 2.03 bits per heavy atom. The summed E-state index contributed by atoms with van der Waals surface area (Å²) in [7, 11) is 1.59. The van der Waals surface area contributed by atoms with Crippen molar-refractivity contribution >= 4 is 5.78 Å². The summed E-state index contributed by atoms with van der Waals surface area (Å²) in [5, 5.41) is 10.9. The molecular formula is C26H29N3O3. The van der Waals surface area contributed by atoms with Gasteiger partial charge in [-0.2, -0.15) is 0 Å². The molecule has 0 spiro atoms. The Kier molecular flexibility index (Phi) is 6.71. The lowest BCUT2D eigenvalue weighted by Gasteiger charge is -2.38. The van der Waals surface area contributed by atoms with Gasteiger partial charge in [-0.05, 0) is 49.9 Å². The van der Waals surface area contributed by atoms with Gasteiger partial charge in [0, 0.05) is 30.6 Å². The van der Waals surface area contributed by atoms with Crippen LogP contribution in [0.25, 0.3) is 5.69 Å². The van der Waals surface area contributed by atoms with Gasteiger partial charge < -0.3 is 19.3 Å². The molecule has 1 aromatic heterocycles. The van der Waals surface area contributed by atoms with Crippen LogP contribution >= 0.6 is 0 Å². The second-order valence-electron chi connectivity index (χ2n) is 8.15. The molecule has 4 rings (SSSR count). The number of aryl methyl sites for hydroxylation is 1. The number of carbonyl (C=O) groups excluding carboxylic acids is 1. The van der Waals surface area contributed by atoms with Crippen molar-refractivity contribution in [3.05, 3.63) is 90.2 Å². The first-order chi connectivity index (χ1) is 15.6. The van der Waals surface area contributed by atoms with E-state index in [2.05, 4.69) is 9.88 Å². The summed E-state index contributed by atoms with van der Waals surface area (Å²) in [6.07, 6.45) is 9.47. The van der Waals surface area contributed by atoms with Crippen molar-refractivity contribution in [2.45, 2.75) is 38.3 Å². The van der Waals surface area contributed by atoms with Crippen molar-refractivity contribution in [2.24, 2.45) is 0 Å². The van der Waals surface area contributed by atoms with E-state index in [0.29, 0.717) is 11.3 Å². The number of nitrogens with zero attached hydrogens (tertiary/aromatic N) is 3. The summed E-state index contributed by atoms with van der Waals surface area (Å²) in [6.45, 7) is 2.74. The summed E-state index contributed by atoms with van der Waals surface area (Å²) in [5.41, 5.74) is 3.19. The van der Waals surface area contributed by atoms with E-state index in [0.717, 1.165) is 42.8 Å². The van der Waals surface area contributed by atoms with Crippen LogP contribution in [0.3, 0.4) is 0 Å². The van der Waals surface area contributed by atoms with E-state index in [4.69, 9.17) is 4.74 Å². The van der Waals surface area contributed by atoms with Gasteiger partial charge >= 0.3 is 0 Å². The number of carbonyl (C=O) groups is 1. The highest BCUT2D eigenvalue weighted by Crippen LogP contribution is 2.29. The van der Waals surface area contributed by atoms with E-state index >= 15 is 0 Å². The van der Waals surface area contributed by atoms with Crippen LogP contribution in [-0.4, -0.2) is 45.0 Å². The maximum Gasteiger partial charge on any atom is 0.187 e. The lowest BCUT2D eigenvalue weighted by molar-refractivity contribution is 0.0515. The van der Waals surface area contributed by atoms with Crippen molar-refractivity contribution in [1.29, 1.82) is 0 Å². The molecule has 2 atom stereocenters. The number of likely N-dealkylation sites (tertiary alicyclic amines) is 1. The maximum absolute atomic E-state index is 12.9. The molecule has 6 heteroatoms. The smallest absolute Gasteiger partial charge is 0.187 e. The highest BCUT2D eigenvalue weighted by Gasteiger charge is 2.28. The van der Waals surface area contributed by atoms with Gasteiger partial charge in [-0.3, -0.25) is 4.79 Å². The number of hydrogen-bond acceptors (Lipinski definition) is 5. The van der Waals surface area contributed by atoms with Crippen LogP contribution < -0.4 is 4.74 Å². The molecule has 1 fully saturated rings. The summed E-state index contributed by atoms with van der Waals surface area (Å²) in [6, 6.07) is 15.1. The van der Waals surface area contributed by atoms with Gasteiger partial charge in [0.2, 0.25) is 0 Å². The van der Waals surface area contributed by atoms with Gasteiger partial charge in [-0.15, -0.1) is 0 Å². The van der Waals surface area contributed by atoms with Crippen molar-refractivity contribution in [3.63, 3.8) is 0 Å². The first kappa shape index (κ1) is 21.8. The fourth-order valence-corrected chi connectivity index (χ4v) is 4.23. The third-order valence-electron chi connectivity index (χ3n) is 5.97. The van der Waals surface area contributed by atoms with Crippen LogP contribution in [-0.2, 0) is 0 Å². The topological polar surface area (TPSA) is 67.6 Å². The van der Waals surface area contributed by atoms with Crippen molar-refractivity contribution < 1.29 is 14.6 Å². The standard InChI is InChI=1S/C26H29N3O3/c1-19-17-29(18-27-19)22-12-11-21(16-25(22)32-2)24(30)13-15-28-14-7-6-10-23(28)26(31)20-8-4-3-5-9-20/h3-5,8-9,11-13,15-18,23,26,31H,6-7,10,14H2,1-2H3. The Bertz CT molecular complexity index is 1090. The molecule has 0 bridgehead atoms. The lowest BCUT2D eigenvalue weighted by atomic mass is 9.93. The number of methoxy groups -OCH3 is 1. The van der Waals surface area contributed by atoms with Crippen LogP contribution in [0.5, 0.6) is 5.75 Å². The van der Waals surface area contributed by atoms with E-state index in [1.54, 1.807) is 31.6 Å². The Labute approximate surface area is 188 Å². The van der Waals surface area contributed by atoms with Gasteiger partial charge in [-0.1, -0.05) is 30.3 Å². The number of imidazole rings is 1. The number of ketones is 1. The number of hydrogen-bond donors (Lipinski definition) is 1. The first-order valence-corrected chi connectivity index (χ1v) is 11.0. The molecule has 3 aromatic rings. The minimum atomic E-state index is -0.589. The zero-order valence-electron chi connectivity index (χ0n) is 18.5. The Morgan fingerprint density at radius 1 is 1.22 bits per heavy atom. The molecule has 0 aliphatic carbocycles. The van der Waals surface area contributed by atoms with E-state index < -0.39 is 6.10 Å². The molecule has 0 saturated carbocycles. The zero-order chi connectivity index (χ0) is 22.5. The van der Waals surface area contributed by atoms with Crippen LogP contribution in [0.2, 0.25) is 0 Å². The summed E-state index contributed by atoms with van der Waals surface area (Å²) in [5.74, 6) is 0.507. The molecule has 2 unspecified atom stereocenters. The Morgan fingerprint density at radius 3 is 2.75 bits per heavy atom. The number of allylic oxidation sites excluding steroid dienone is 1. The number of ether oxygens (including phenoxy) is 1. The number of aliphatic hydroxyl groups excluding tert-OH is 1. The Balaban J connectivity index is 1.51. The number of aromatic nitrogens is 2. The number of piperidine rings is 1. The number of benzene rings is 2. The van der Waals surface area contributed by atoms with Crippen LogP contribution in [0, 0.1) is 6.92 Å². The molecular weight excluding hydrogens is 402 g/mol. The van der Waals surface area contributed by atoms with Gasteiger partial charge in [0.15, 0.2) is 5.78 Å². The zero-order valence-corrected chi connectivity index (χ0v) is 18.5. The molecule has 6 nitrogen and oxygen atoms in total. The average Bonchev–Trinajstić information content (AvgIpc) is 3.28. The van der Waals surface area contributed by atoms with E-state index in [1.165, 1.54) is 0 Å². The molecule has 1 aliphatic heterocycles. The molecule has 1 saturated heterocycles. The molecule has 32 heavy (non-hydrogen) atoms. The monoisotopic (exact) mass is 431 g/mol. The maximum atomic E-state index is 12.9. The van der Waals surface area contributed by atoms with Crippen LogP contribution in [0.15, 0.2) is 73.3 Å². The fourth-order valence-electron chi connectivity index (χ4n) is 4.23. The lowest BCUT2D eigenvalue weighted by Crippen LogP contribution is -2.40. The first-order valence-electron chi connectivity index (χ1n) is 11.0. The fraction of sp³-hybridized carbons (Fsp3) is 0.308. The van der Waals surface area contributed by atoms with Gasteiger partial charge in [0.1, 0.15) is 5.75 Å². The normalized spacial score (nSPS) is 17.5. The molecule has 2 aromatic carbocycles. The van der Waals surface area contributed by atoms with Crippen LogP contribution in [0.1, 0.15) is 47.0 Å². The van der Waals surface area contributed by atoms with Crippen molar-refractivity contribution in [3.8, 4) is 11.4 Å². The highest BCUT2D eigenvalue weighted by atomic mass is 16.5. The average molecular weight is 432 g/mol. The van der Waals surface area contributed by atoms with E-state index in [1.807, 2.05) is 60.3 Å². The SMILES string of the molecule is COc1cc(C(=O)C=CN2CCCCC2C(O)c2ccccc2)ccc1-n1cnc(C)c1. The second-order valence-corrected chi connectivity index (χ2v) is 8.15. The molecule has 2 heterocycles. The summed E-state index contributed by atoms with van der Waals surface area (Å²) in [4.78, 5) is 19.3. The third kappa shape index (κ3) is 4.75. The number of aliphatic hydroxyl groups is 1. The quantitative estimate of drug-likeness (QED) is 0.441. The Hall–Kier alpha value is -3.38. The third-order valence-corrected chi connectivity index (χ3v) is 5.97. The molecule has 0 radical (unpaired) electrons. The van der Waals surface area contributed by atoms with E-state index in [-0.39, 0.29) is 11.8 Å². The second kappa shape index (κ2) is 9.83. The molecule has 1 N–H and O–H groups in total. The molecule has 0 amide bonds. The van der Waals surface area contributed by atoms with Crippen molar-refractivity contribution in [2.75, 3.05) is 13.7 Å². The summed E-state index contributed by atoms with van der Waals surface area (Å²) >= 11 is 0. The minimum Gasteiger partial charge on any atom is -0.495 e. The summed E-state index contributed by atoms with van der Waals surface area (Å²) < 4.78 is 7.40. The number of rotatable bonds is 7. The highest BCUT2D eigenvalue weighted by molar-refractivity contribution is 6.04. The van der Waals surface area contributed by atoms with Gasteiger partial charge in [-0.25, -0.2) is 4.98 Å². The minimum absolute atomic E-state index is 0.0448.